The summed E-state index contributed by atoms with van der Waals surface area (Å²) in [5.41, 5.74) is 1.06. The first-order valence-corrected chi connectivity index (χ1v) is 8.14. The third-order valence-electron chi connectivity index (χ3n) is 3.36. The smallest absolute Gasteiger partial charge is 0.276 e. The molecule has 0 saturated carbocycles. The number of anilines is 1. The third-order valence-corrected chi connectivity index (χ3v) is 4.62. The van der Waals surface area contributed by atoms with Crippen LogP contribution in [0.1, 0.15) is 23.3 Å². The molecule has 6 heteroatoms. The van der Waals surface area contributed by atoms with Gasteiger partial charge < -0.3 is 10.1 Å². The number of carbonyl (C=O) groups excluding carboxylic acids is 1. The summed E-state index contributed by atoms with van der Waals surface area (Å²) in [6.07, 6.45) is 2.06. The van der Waals surface area contributed by atoms with Crippen LogP contribution in [0.5, 0.6) is 0 Å². The van der Waals surface area contributed by atoms with Crippen LogP contribution in [-0.2, 0) is 4.74 Å². The molecule has 0 spiro atoms. The molecule has 114 valence electrons. The Labute approximate surface area is 133 Å². The third kappa shape index (κ3) is 4.05. The number of hydrogen-bond donors (Lipinski definition) is 1. The fourth-order valence-corrected chi connectivity index (χ4v) is 3.19. The van der Waals surface area contributed by atoms with E-state index >= 15 is 0 Å². The van der Waals surface area contributed by atoms with E-state index in [1.165, 1.54) is 0 Å². The molecule has 1 aromatic heterocycles. The Morgan fingerprint density at radius 2 is 1.86 bits per heavy atom. The predicted octanol–water partition coefficient (Wildman–Crippen LogP) is 3.00. The first-order valence-electron chi connectivity index (χ1n) is 7.26. The maximum Gasteiger partial charge on any atom is 0.276 e. The van der Waals surface area contributed by atoms with Gasteiger partial charge in [0.1, 0.15) is 5.03 Å². The molecule has 1 fully saturated rings. The number of hydrogen-bond acceptors (Lipinski definition) is 5. The molecule has 1 aliphatic heterocycles. The van der Waals surface area contributed by atoms with Gasteiger partial charge in [0, 0.05) is 24.2 Å². The molecule has 22 heavy (non-hydrogen) atoms. The second-order valence-corrected chi connectivity index (χ2v) is 6.33. The van der Waals surface area contributed by atoms with Gasteiger partial charge in [-0.1, -0.05) is 18.2 Å². The number of thioether (sulfide) groups is 1. The number of nitrogens with zero attached hydrogens (tertiary/aromatic N) is 2. The normalized spacial score (nSPS) is 15.5. The SMILES string of the molecule is O=C(Nc1ccccc1)c1ccc(SC2CCOCC2)nn1. The molecule has 0 bridgehead atoms. The van der Waals surface area contributed by atoms with Gasteiger partial charge in [-0.15, -0.1) is 22.0 Å². The van der Waals surface area contributed by atoms with Crippen LogP contribution < -0.4 is 5.32 Å². The molecule has 5 nitrogen and oxygen atoms in total. The Bertz CT molecular complexity index is 613. The molecule has 1 aromatic carbocycles. The largest absolute Gasteiger partial charge is 0.381 e. The second-order valence-electron chi connectivity index (χ2n) is 5.01. The van der Waals surface area contributed by atoms with Crippen LogP contribution in [0.4, 0.5) is 5.69 Å². The summed E-state index contributed by atoms with van der Waals surface area (Å²) in [5, 5.41) is 12.3. The molecule has 0 unspecified atom stereocenters. The quantitative estimate of drug-likeness (QED) is 0.939. The van der Waals surface area contributed by atoms with Crippen molar-refractivity contribution in [3.05, 3.63) is 48.2 Å². The monoisotopic (exact) mass is 315 g/mol. The average molecular weight is 315 g/mol. The lowest BCUT2D eigenvalue weighted by Crippen LogP contribution is -2.18. The van der Waals surface area contributed by atoms with Gasteiger partial charge in [-0.3, -0.25) is 4.79 Å². The Kier molecular flexibility index (Phi) is 5.03. The van der Waals surface area contributed by atoms with Crippen molar-refractivity contribution in [3.63, 3.8) is 0 Å². The first kappa shape index (κ1) is 15.0. The van der Waals surface area contributed by atoms with Crippen LogP contribution in [0, 0.1) is 0 Å². The molecule has 1 saturated heterocycles. The molecule has 1 aliphatic rings. The summed E-state index contributed by atoms with van der Waals surface area (Å²) in [5.74, 6) is -0.249. The standard InChI is InChI=1S/C16H17N3O2S/c20-16(17-12-4-2-1-3-5-12)14-6-7-15(19-18-14)22-13-8-10-21-11-9-13/h1-7,13H,8-11H2,(H,17,20). The number of nitrogens with one attached hydrogen (secondary N) is 1. The Hall–Kier alpha value is -1.92. The minimum Gasteiger partial charge on any atom is -0.381 e. The molecule has 0 atom stereocenters. The minimum absolute atomic E-state index is 0.249. The van der Waals surface area contributed by atoms with E-state index in [0.29, 0.717) is 10.9 Å². The number of para-hydroxylation sites is 1. The Balaban J connectivity index is 1.59. The average Bonchev–Trinajstić information content (AvgIpc) is 2.57. The number of benzene rings is 1. The maximum atomic E-state index is 12.1. The van der Waals surface area contributed by atoms with Crippen molar-refractivity contribution >= 4 is 23.4 Å². The summed E-state index contributed by atoms with van der Waals surface area (Å²) in [6, 6.07) is 12.9. The number of rotatable bonds is 4. The van der Waals surface area contributed by atoms with Crippen molar-refractivity contribution in [2.24, 2.45) is 0 Å². The van der Waals surface area contributed by atoms with Crippen LogP contribution in [0.2, 0.25) is 0 Å². The van der Waals surface area contributed by atoms with Crippen molar-refractivity contribution in [2.75, 3.05) is 18.5 Å². The number of carbonyl (C=O) groups is 1. The molecule has 3 rings (SSSR count). The fraction of sp³-hybridized carbons (Fsp3) is 0.312. The lowest BCUT2D eigenvalue weighted by Gasteiger charge is -2.20. The van der Waals surface area contributed by atoms with Crippen molar-refractivity contribution in [1.82, 2.24) is 10.2 Å². The highest BCUT2D eigenvalue weighted by Crippen LogP contribution is 2.27. The zero-order valence-electron chi connectivity index (χ0n) is 12.1. The molecule has 0 radical (unpaired) electrons. The molecule has 1 N–H and O–H groups in total. The van der Waals surface area contributed by atoms with E-state index in [0.717, 1.165) is 36.8 Å². The highest BCUT2D eigenvalue weighted by molar-refractivity contribution is 7.99. The lowest BCUT2D eigenvalue weighted by molar-refractivity contribution is 0.1000. The van der Waals surface area contributed by atoms with Crippen molar-refractivity contribution in [3.8, 4) is 0 Å². The second kappa shape index (κ2) is 7.38. The van der Waals surface area contributed by atoms with Crippen LogP contribution in [-0.4, -0.2) is 34.6 Å². The summed E-state index contributed by atoms with van der Waals surface area (Å²) in [7, 11) is 0. The zero-order valence-corrected chi connectivity index (χ0v) is 12.9. The highest BCUT2D eigenvalue weighted by atomic mass is 32.2. The first-order chi connectivity index (χ1) is 10.8. The van der Waals surface area contributed by atoms with E-state index in [1.54, 1.807) is 17.8 Å². The molecular formula is C16H17N3O2S. The van der Waals surface area contributed by atoms with Crippen molar-refractivity contribution in [1.29, 1.82) is 0 Å². The van der Waals surface area contributed by atoms with Gasteiger partial charge in [0.2, 0.25) is 0 Å². The van der Waals surface area contributed by atoms with Gasteiger partial charge >= 0.3 is 0 Å². The van der Waals surface area contributed by atoms with Gasteiger partial charge in [0.05, 0.1) is 0 Å². The number of ether oxygens (including phenoxy) is 1. The van der Waals surface area contributed by atoms with Crippen molar-refractivity contribution in [2.45, 2.75) is 23.1 Å². The van der Waals surface area contributed by atoms with E-state index in [2.05, 4.69) is 15.5 Å². The fourth-order valence-electron chi connectivity index (χ4n) is 2.19. The van der Waals surface area contributed by atoms with E-state index in [4.69, 9.17) is 4.74 Å². The van der Waals surface area contributed by atoms with E-state index < -0.39 is 0 Å². The Morgan fingerprint density at radius 1 is 1.09 bits per heavy atom. The van der Waals surface area contributed by atoms with Gasteiger partial charge in [-0.05, 0) is 37.1 Å². The van der Waals surface area contributed by atoms with Crippen molar-refractivity contribution < 1.29 is 9.53 Å². The highest BCUT2D eigenvalue weighted by Gasteiger charge is 2.16. The topological polar surface area (TPSA) is 64.1 Å². The van der Waals surface area contributed by atoms with Crippen LogP contribution >= 0.6 is 11.8 Å². The van der Waals surface area contributed by atoms with Crippen LogP contribution in [0.15, 0.2) is 47.5 Å². The van der Waals surface area contributed by atoms with E-state index in [9.17, 15) is 4.79 Å². The zero-order chi connectivity index (χ0) is 15.2. The minimum atomic E-state index is -0.249. The number of aromatic nitrogens is 2. The predicted molar refractivity (Wildman–Crippen MR) is 86.1 cm³/mol. The molecule has 2 heterocycles. The summed E-state index contributed by atoms with van der Waals surface area (Å²) in [6.45, 7) is 1.62. The molecular weight excluding hydrogens is 298 g/mol. The molecule has 0 aliphatic carbocycles. The van der Waals surface area contributed by atoms with Gasteiger partial charge in [-0.25, -0.2) is 0 Å². The summed E-state index contributed by atoms with van der Waals surface area (Å²) in [4.78, 5) is 12.1. The lowest BCUT2D eigenvalue weighted by atomic mass is 10.2. The summed E-state index contributed by atoms with van der Waals surface area (Å²) >= 11 is 1.70. The van der Waals surface area contributed by atoms with E-state index in [-0.39, 0.29) is 5.91 Å². The van der Waals surface area contributed by atoms with Crippen LogP contribution in [0.3, 0.4) is 0 Å². The van der Waals surface area contributed by atoms with Crippen LogP contribution in [0.25, 0.3) is 0 Å². The van der Waals surface area contributed by atoms with Gasteiger partial charge in [-0.2, -0.15) is 0 Å². The maximum absolute atomic E-state index is 12.1. The van der Waals surface area contributed by atoms with Gasteiger partial charge in [0.15, 0.2) is 5.69 Å². The molecule has 2 aromatic rings. The molecule has 1 amide bonds. The van der Waals surface area contributed by atoms with Gasteiger partial charge in [0.25, 0.3) is 5.91 Å². The Morgan fingerprint density at radius 3 is 2.55 bits per heavy atom. The number of amides is 1. The summed E-state index contributed by atoms with van der Waals surface area (Å²) < 4.78 is 5.34. The van der Waals surface area contributed by atoms with E-state index in [1.807, 2.05) is 36.4 Å².